The van der Waals surface area contributed by atoms with Crippen LogP contribution < -0.4 is 5.56 Å². The van der Waals surface area contributed by atoms with Gasteiger partial charge in [0.1, 0.15) is 0 Å². The van der Waals surface area contributed by atoms with Crippen molar-refractivity contribution >= 4 is 22.4 Å². The van der Waals surface area contributed by atoms with Crippen molar-refractivity contribution < 1.29 is 9.84 Å². The fourth-order valence-electron chi connectivity index (χ4n) is 3.87. The van der Waals surface area contributed by atoms with E-state index in [2.05, 4.69) is 4.98 Å². The molecule has 1 saturated heterocycles. The molecule has 1 aliphatic rings. The lowest BCUT2D eigenvalue weighted by molar-refractivity contribution is 0.00851. The highest BCUT2D eigenvalue weighted by atomic mass is 35.5. The highest BCUT2D eigenvalue weighted by molar-refractivity contribution is 6.30. The molecular weight excluding hydrogens is 362 g/mol. The quantitative estimate of drug-likeness (QED) is 0.710. The van der Waals surface area contributed by atoms with Gasteiger partial charge in [-0.15, -0.1) is 0 Å². The van der Waals surface area contributed by atoms with E-state index in [-0.39, 0.29) is 11.5 Å². The number of ether oxygens (including phenoxy) is 1. The van der Waals surface area contributed by atoms with Gasteiger partial charge in [0.15, 0.2) is 0 Å². The van der Waals surface area contributed by atoms with Gasteiger partial charge < -0.3 is 14.8 Å². The van der Waals surface area contributed by atoms with Crippen molar-refractivity contribution in [3.8, 4) is 11.3 Å². The van der Waals surface area contributed by atoms with E-state index in [0.29, 0.717) is 24.7 Å². The van der Waals surface area contributed by atoms with Gasteiger partial charge in [-0.05, 0) is 53.8 Å². The van der Waals surface area contributed by atoms with Crippen LogP contribution in [0, 0.1) is 5.92 Å². The summed E-state index contributed by atoms with van der Waals surface area (Å²) in [6.45, 7) is 1.41. The number of aliphatic hydroxyl groups excluding tert-OH is 1. The van der Waals surface area contributed by atoms with Crippen molar-refractivity contribution in [3.05, 3.63) is 69.5 Å². The summed E-state index contributed by atoms with van der Waals surface area (Å²) in [4.78, 5) is 15.3. The molecule has 1 atom stereocenters. The van der Waals surface area contributed by atoms with Crippen LogP contribution in [0.2, 0.25) is 5.02 Å². The van der Waals surface area contributed by atoms with Crippen LogP contribution in [-0.4, -0.2) is 29.4 Å². The van der Waals surface area contributed by atoms with Crippen molar-refractivity contribution in [2.24, 2.45) is 5.92 Å². The third kappa shape index (κ3) is 3.93. The van der Waals surface area contributed by atoms with Crippen molar-refractivity contribution in [3.63, 3.8) is 0 Å². The first-order valence-corrected chi connectivity index (χ1v) is 9.66. The van der Waals surface area contributed by atoms with Gasteiger partial charge in [-0.2, -0.15) is 0 Å². The van der Waals surface area contributed by atoms with Crippen molar-refractivity contribution in [2.45, 2.75) is 25.4 Å². The summed E-state index contributed by atoms with van der Waals surface area (Å²) in [6.07, 6.45) is 1.86. The first kappa shape index (κ1) is 18.2. The van der Waals surface area contributed by atoms with Gasteiger partial charge in [0.05, 0.1) is 11.8 Å². The van der Waals surface area contributed by atoms with Gasteiger partial charge >= 0.3 is 0 Å². The van der Waals surface area contributed by atoms with E-state index in [1.165, 1.54) is 0 Å². The Hall–Kier alpha value is -2.14. The van der Waals surface area contributed by atoms with Crippen LogP contribution in [0.5, 0.6) is 0 Å². The maximum Gasteiger partial charge on any atom is 0.249 e. The Morgan fingerprint density at radius 2 is 1.85 bits per heavy atom. The molecule has 1 fully saturated rings. The zero-order valence-corrected chi connectivity index (χ0v) is 15.7. The number of rotatable bonds is 4. The number of H-pyrrole nitrogens is 1. The smallest absolute Gasteiger partial charge is 0.249 e. The number of fused-ring (bicyclic) bond motifs is 1. The largest absolute Gasteiger partial charge is 0.392 e. The summed E-state index contributed by atoms with van der Waals surface area (Å²) in [5.74, 6) is 0.242. The fourth-order valence-corrected chi connectivity index (χ4v) is 4.00. The van der Waals surface area contributed by atoms with Crippen molar-refractivity contribution in [1.82, 2.24) is 4.98 Å². The minimum Gasteiger partial charge on any atom is -0.392 e. The average Bonchev–Trinajstić information content (AvgIpc) is 2.69. The molecule has 27 heavy (non-hydrogen) atoms. The van der Waals surface area contributed by atoms with Crippen LogP contribution in [0.25, 0.3) is 22.0 Å². The summed E-state index contributed by atoms with van der Waals surface area (Å²) in [6, 6.07) is 15.0. The predicted octanol–water partition coefficient (Wildman–Crippen LogP) is 4.18. The van der Waals surface area contributed by atoms with Gasteiger partial charge in [0, 0.05) is 29.7 Å². The molecule has 4 rings (SSSR count). The number of benzene rings is 2. The fraction of sp³-hybridized carbons (Fsp3) is 0.318. The SMILES string of the molecule is O=c1cc2c(CC(O)C3CCOCC3)cccc2c(-c2ccc(Cl)cc2)[nH]1. The third-order valence-corrected chi connectivity index (χ3v) is 5.61. The molecule has 1 unspecified atom stereocenters. The molecule has 4 nitrogen and oxygen atoms in total. The van der Waals surface area contributed by atoms with E-state index in [4.69, 9.17) is 16.3 Å². The van der Waals surface area contributed by atoms with E-state index in [9.17, 15) is 9.90 Å². The first-order valence-electron chi connectivity index (χ1n) is 9.28. The Morgan fingerprint density at radius 3 is 2.59 bits per heavy atom. The highest BCUT2D eigenvalue weighted by Gasteiger charge is 2.23. The van der Waals surface area contributed by atoms with Crippen molar-refractivity contribution in [2.75, 3.05) is 13.2 Å². The lowest BCUT2D eigenvalue weighted by Crippen LogP contribution is -2.29. The maximum absolute atomic E-state index is 12.3. The second kappa shape index (κ2) is 7.85. The monoisotopic (exact) mass is 383 g/mol. The second-order valence-electron chi connectivity index (χ2n) is 7.12. The maximum atomic E-state index is 12.3. The highest BCUT2D eigenvalue weighted by Crippen LogP contribution is 2.30. The molecule has 0 spiro atoms. The minimum atomic E-state index is -0.433. The topological polar surface area (TPSA) is 62.3 Å². The van der Waals surface area contributed by atoms with E-state index < -0.39 is 6.10 Å². The van der Waals surface area contributed by atoms with Gasteiger partial charge in [-0.1, -0.05) is 41.9 Å². The number of pyridine rings is 1. The second-order valence-corrected chi connectivity index (χ2v) is 7.55. The summed E-state index contributed by atoms with van der Waals surface area (Å²) < 4.78 is 5.39. The lowest BCUT2D eigenvalue weighted by atomic mass is 9.88. The van der Waals surface area contributed by atoms with Gasteiger partial charge in [-0.3, -0.25) is 4.79 Å². The van der Waals surface area contributed by atoms with Gasteiger partial charge in [0.2, 0.25) is 5.56 Å². The Morgan fingerprint density at radius 1 is 1.11 bits per heavy atom. The number of halogens is 1. The Balaban J connectivity index is 1.74. The van der Waals surface area contributed by atoms with Crippen LogP contribution in [0.15, 0.2) is 53.3 Å². The molecule has 2 aromatic carbocycles. The average molecular weight is 384 g/mol. The Bertz CT molecular complexity index is 991. The number of hydrogen-bond donors (Lipinski definition) is 2. The number of aromatic nitrogens is 1. The molecule has 0 saturated carbocycles. The summed E-state index contributed by atoms with van der Waals surface area (Å²) >= 11 is 6.00. The van der Waals surface area contributed by atoms with Crippen LogP contribution in [0.1, 0.15) is 18.4 Å². The molecule has 5 heteroatoms. The van der Waals surface area contributed by atoms with Gasteiger partial charge in [-0.25, -0.2) is 0 Å². The summed E-state index contributed by atoms with van der Waals surface area (Å²) in [7, 11) is 0. The molecule has 1 aromatic heterocycles. The third-order valence-electron chi connectivity index (χ3n) is 5.36. The number of hydrogen-bond acceptors (Lipinski definition) is 3. The molecule has 3 aromatic rings. The van der Waals surface area contributed by atoms with E-state index in [1.54, 1.807) is 6.07 Å². The molecule has 2 heterocycles. The van der Waals surface area contributed by atoms with Crippen molar-refractivity contribution in [1.29, 1.82) is 0 Å². The first-order chi connectivity index (χ1) is 13.1. The number of nitrogens with one attached hydrogen (secondary N) is 1. The zero-order valence-electron chi connectivity index (χ0n) is 15.0. The van der Waals surface area contributed by atoms with Crippen LogP contribution in [0.4, 0.5) is 0 Å². The number of aromatic amines is 1. The Labute approximate surface area is 162 Å². The van der Waals surface area contributed by atoms with E-state index in [0.717, 1.165) is 40.4 Å². The van der Waals surface area contributed by atoms with Crippen LogP contribution in [0.3, 0.4) is 0 Å². The molecule has 0 amide bonds. The zero-order chi connectivity index (χ0) is 18.8. The van der Waals surface area contributed by atoms with E-state index in [1.807, 2.05) is 42.5 Å². The standard InChI is InChI=1S/C22H22ClNO3/c23-17-6-4-15(5-7-17)22-18-3-1-2-16(19(18)13-21(26)24-22)12-20(25)14-8-10-27-11-9-14/h1-7,13-14,20,25H,8-12H2,(H,24,26). The molecule has 0 aliphatic carbocycles. The number of aliphatic hydroxyl groups is 1. The Kier molecular flexibility index (Phi) is 5.30. The molecule has 2 N–H and O–H groups in total. The molecule has 0 bridgehead atoms. The molecule has 1 aliphatic heterocycles. The van der Waals surface area contributed by atoms with Crippen LogP contribution in [-0.2, 0) is 11.2 Å². The molecule has 140 valence electrons. The molecule has 0 radical (unpaired) electrons. The lowest BCUT2D eigenvalue weighted by Gasteiger charge is -2.27. The minimum absolute atomic E-state index is 0.152. The summed E-state index contributed by atoms with van der Waals surface area (Å²) in [5.41, 5.74) is 2.52. The normalized spacial score (nSPS) is 16.5. The van der Waals surface area contributed by atoms with Crippen LogP contribution >= 0.6 is 11.6 Å². The van der Waals surface area contributed by atoms with E-state index >= 15 is 0 Å². The summed E-state index contributed by atoms with van der Waals surface area (Å²) in [5, 5.41) is 13.2. The predicted molar refractivity (Wildman–Crippen MR) is 108 cm³/mol. The molecular formula is C22H22ClNO3. The van der Waals surface area contributed by atoms with Gasteiger partial charge in [0.25, 0.3) is 0 Å².